The van der Waals surface area contributed by atoms with Gasteiger partial charge in [-0.15, -0.1) is 0 Å². The molecule has 0 heterocycles. The van der Waals surface area contributed by atoms with E-state index in [1.165, 1.54) is 0 Å². The van der Waals surface area contributed by atoms with Crippen molar-refractivity contribution in [2.24, 2.45) is 0 Å². The average molecular weight is 99.1 g/mol. The van der Waals surface area contributed by atoms with E-state index in [1.807, 2.05) is 0 Å². The fourth-order valence-electron chi connectivity index (χ4n) is 0. The van der Waals surface area contributed by atoms with Crippen LogP contribution in [-0.4, -0.2) is 40.6 Å². The molecule has 1 N–H and O–H groups in total. The van der Waals surface area contributed by atoms with Crippen LogP contribution in [0, 0.1) is 0 Å². The largest absolute Gasteiger partial charge is 0.481 e. The van der Waals surface area contributed by atoms with Crippen LogP contribution in [0.5, 0.6) is 0 Å². The summed E-state index contributed by atoms with van der Waals surface area (Å²) in [5.41, 5.74) is 0. The van der Waals surface area contributed by atoms with Gasteiger partial charge in [-0.3, -0.25) is 4.79 Å². The molecule has 0 rings (SSSR count). The van der Waals surface area contributed by atoms with Crippen molar-refractivity contribution < 1.29 is 9.90 Å². The minimum Gasteiger partial charge on any atom is -0.481 e. The van der Waals surface area contributed by atoms with Crippen LogP contribution in [0.3, 0.4) is 0 Å². The molecule has 0 saturated heterocycles. The molecule has 0 unspecified atom stereocenters. The van der Waals surface area contributed by atoms with Gasteiger partial charge in [0.1, 0.15) is 0 Å². The van der Waals surface area contributed by atoms with Gasteiger partial charge >= 0.3 is 5.97 Å². The summed E-state index contributed by atoms with van der Waals surface area (Å²) in [5.74, 6) is -0.745. The molecule has 0 aromatic rings. The first-order chi connectivity index (χ1) is 2.27. The van der Waals surface area contributed by atoms with Gasteiger partial charge in [-0.05, 0) is 0 Å². The van der Waals surface area contributed by atoms with Gasteiger partial charge in [0.25, 0.3) is 0 Å². The van der Waals surface area contributed by atoms with Crippen LogP contribution in [0.4, 0.5) is 0 Å². The minimum atomic E-state index is -0.745. The minimum absolute atomic E-state index is 0. The Hall–Kier alpha value is 0.470. The topological polar surface area (TPSA) is 37.3 Å². The Morgan fingerprint density at radius 2 is 2.00 bits per heavy atom. The van der Waals surface area contributed by atoms with E-state index in [0.717, 1.165) is 0 Å². The molecule has 0 saturated carbocycles. The number of hydrogen-bond acceptors (Lipinski definition) is 1. The van der Waals surface area contributed by atoms with E-state index in [1.54, 1.807) is 6.92 Å². The Bertz CT molecular complexity index is 44.1. The second-order valence-electron chi connectivity index (χ2n) is 0.747. The third-order valence-corrected chi connectivity index (χ3v) is 0.302. The summed E-state index contributed by atoms with van der Waals surface area (Å²) in [6, 6.07) is 0. The Balaban J connectivity index is 0. The van der Waals surface area contributed by atoms with Gasteiger partial charge in [0.05, 0.1) is 0 Å². The smallest absolute Gasteiger partial charge is 0.303 e. The zero-order valence-electron chi connectivity index (χ0n) is 4.06. The van der Waals surface area contributed by atoms with Crippen molar-refractivity contribution in [3.8, 4) is 0 Å². The van der Waals surface area contributed by atoms with Gasteiger partial charge in [0.2, 0.25) is 0 Å². The Morgan fingerprint density at radius 3 is 2.00 bits per heavy atom. The number of carboxylic acid groups (broad SMARTS) is 1. The second-order valence-corrected chi connectivity index (χ2v) is 0.747. The third kappa shape index (κ3) is 8.82. The summed E-state index contributed by atoms with van der Waals surface area (Å²) in [4.78, 5) is 9.37. The van der Waals surface area contributed by atoms with Crippen molar-refractivity contribution in [2.75, 3.05) is 0 Å². The Labute approximate surface area is 58.8 Å². The molecular weight excluding hydrogens is 93.0 g/mol. The van der Waals surface area contributed by atoms with Crippen molar-refractivity contribution in [3.05, 3.63) is 0 Å². The molecule has 2 nitrogen and oxygen atoms in total. The molecule has 31 valence electrons. The molecule has 0 spiro atoms. The standard InChI is InChI=1S/C3H6O2.Na/c1-2-3(4)5;/h2H2,1H3,(H,4,5);/i2+1,3+1;. The molecule has 0 aliphatic rings. The zero-order valence-corrected chi connectivity index (χ0v) is 6.06. The molecule has 0 atom stereocenters. The van der Waals surface area contributed by atoms with Crippen LogP contribution in [-0.2, 0) is 4.79 Å². The predicted molar refractivity (Wildman–Crippen MR) is 23.7 cm³/mol. The predicted octanol–water partition coefficient (Wildman–Crippen LogP) is 0.100. The number of carboxylic acids is 1. The van der Waals surface area contributed by atoms with Crippen molar-refractivity contribution >= 4 is 35.5 Å². The first-order valence-electron chi connectivity index (χ1n) is 1.49. The van der Waals surface area contributed by atoms with E-state index >= 15 is 0 Å². The van der Waals surface area contributed by atoms with Gasteiger partial charge in [0.15, 0.2) is 0 Å². The van der Waals surface area contributed by atoms with E-state index in [4.69, 9.17) is 5.11 Å². The normalized spacial score (nSPS) is 6.17. The number of rotatable bonds is 1. The SMILES string of the molecule is C[13CH2][13C](=O)O.[Na]. The fourth-order valence-corrected chi connectivity index (χ4v) is 0. The molecule has 0 aromatic carbocycles. The van der Waals surface area contributed by atoms with Crippen LogP contribution < -0.4 is 0 Å². The summed E-state index contributed by atoms with van der Waals surface area (Å²) >= 11 is 0. The number of carbonyl (C=O) groups is 1. The van der Waals surface area contributed by atoms with E-state index < -0.39 is 5.97 Å². The maximum Gasteiger partial charge on any atom is 0.303 e. The summed E-state index contributed by atoms with van der Waals surface area (Å²) in [5, 5.41) is 7.72. The molecule has 0 amide bonds. The molecule has 1 radical (unpaired) electrons. The van der Waals surface area contributed by atoms with E-state index in [9.17, 15) is 4.79 Å². The van der Waals surface area contributed by atoms with Crippen molar-refractivity contribution in [3.63, 3.8) is 0 Å². The number of aliphatic carboxylic acids is 1. The first-order valence-corrected chi connectivity index (χ1v) is 1.49. The van der Waals surface area contributed by atoms with Crippen molar-refractivity contribution in [1.29, 1.82) is 0 Å². The van der Waals surface area contributed by atoms with Gasteiger partial charge in [0, 0.05) is 36.0 Å². The van der Waals surface area contributed by atoms with Crippen LogP contribution in [0.1, 0.15) is 13.3 Å². The number of hydrogen-bond donors (Lipinski definition) is 1. The Kier molecular flexibility index (Phi) is 8.83. The molecule has 3 heteroatoms. The molecule has 0 aromatic heterocycles. The monoisotopic (exact) mass is 99.0 g/mol. The van der Waals surface area contributed by atoms with Crippen LogP contribution in [0.25, 0.3) is 0 Å². The van der Waals surface area contributed by atoms with Crippen molar-refractivity contribution in [2.45, 2.75) is 13.3 Å². The average Bonchev–Trinajstić information content (AvgIpc) is 1.38. The second kappa shape index (κ2) is 5.47. The fraction of sp³-hybridized carbons (Fsp3) is 0.667. The summed E-state index contributed by atoms with van der Waals surface area (Å²) in [6.45, 7) is 1.60. The van der Waals surface area contributed by atoms with Crippen molar-refractivity contribution in [1.82, 2.24) is 0 Å². The maximum absolute atomic E-state index is 9.37. The summed E-state index contributed by atoms with van der Waals surface area (Å²) in [6.07, 6.45) is 0.222. The van der Waals surface area contributed by atoms with Crippen LogP contribution in [0.2, 0.25) is 0 Å². The van der Waals surface area contributed by atoms with Gasteiger partial charge in [-0.1, -0.05) is 6.92 Å². The zero-order chi connectivity index (χ0) is 4.28. The van der Waals surface area contributed by atoms with Crippen LogP contribution >= 0.6 is 0 Å². The third-order valence-electron chi connectivity index (χ3n) is 0.302. The van der Waals surface area contributed by atoms with E-state index in [2.05, 4.69) is 0 Å². The molecule has 0 aliphatic carbocycles. The summed E-state index contributed by atoms with van der Waals surface area (Å²) in [7, 11) is 0. The Morgan fingerprint density at radius 1 is 1.83 bits per heavy atom. The van der Waals surface area contributed by atoms with Crippen LogP contribution in [0.15, 0.2) is 0 Å². The maximum atomic E-state index is 9.37. The van der Waals surface area contributed by atoms with Gasteiger partial charge < -0.3 is 5.11 Å². The first kappa shape index (κ1) is 9.69. The molecule has 6 heavy (non-hydrogen) atoms. The summed E-state index contributed by atoms with van der Waals surface area (Å²) < 4.78 is 0. The van der Waals surface area contributed by atoms with E-state index in [-0.39, 0.29) is 36.0 Å². The van der Waals surface area contributed by atoms with Gasteiger partial charge in [-0.2, -0.15) is 0 Å². The molecule has 0 fully saturated rings. The molecule has 0 aliphatic heterocycles. The quantitative estimate of drug-likeness (QED) is 0.374. The molecular formula is C3H6NaO2. The van der Waals surface area contributed by atoms with Gasteiger partial charge in [-0.25, -0.2) is 0 Å². The van der Waals surface area contributed by atoms with E-state index in [0.29, 0.717) is 0 Å². The molecule has 0 bridgehead atoms.